The average molecular weight is 605 g/mol. The number of esters is 1. The fourth-order valence-electron chi connectivity index (χ4n) is 5.06. The van der Waals surface area contributed by atoms with Gasteiger partial charge in [-0.3, -0.25) is 14.4 Å². The first-order valence-corrected chi connectivity index (χ1v) is 14.8. The van der Waals surface area contributed by atoms with Crippen LogP contribution in [0, 0.1) is 11.8 Å². The molecule has 44 heavy (non-hydrogen) atoms. The van der Waals surface area contributed by atoms with Crippen LogP contribution in [0.25, 0.3) is 10.9 Å². The number of fused-ring (bicyclic) bond motifs is 1. The van der Waals surface area contributed by atoms with Gasteiger partial charge in [-0.25, -0.2) is 9.78 Å². The Bertz CT molecular complexity index is 1460. The molecule has 3 aromatic rings. The van der Waals surface area contributed by atoms with Crippen LogP contribution in [0.4, 0.5) is 0 Å². The maximum absolute atomic E-state index is 12.4. The summed E-state index contributed by atoms with van der Waals surface area (Å²) in [5.74, 6) is -1.03. The topological polar surface area (TPSA) is 181 Å². The first kappa shape index (κ1) is 34.2. The zero-order valence-corrected chi connectivity index (χ0v) is 25.4. The Kier molecular flexibility index (Phi) is 12.9. The number of pyridine rings is 1. The number of nitrogens with two attached hydrogens (primary N) is 1. The highest BCUT2D eigenvalue weighted by Crippen LogP contribution is 2.28. The third-order valence-electron chi connectivity index (χ3n) is 7.75. The molecule has 0 bridgehead atoms. The number of rotatable bonds is 11. The minimum Gasteiger partial charge on any atom is -0.465 e. The fraction of sp³-hybridized carbons (Fsp3) is 0.406. The third-order valence-corrected chi connectivity index (χ3v) is 7.75. The van der Waals surface area contributed by atoms with Gasteiger partial charge in [-0.05, 0) is 60.0 Å². The minimum absolute atomic E-state index is 0.0797. The highest BCUT2D eigenvalue weighted by Gasteiger charge is 2.31. The Hall–Kier alpha value is -4.29. The molecule has 0 radical (unpaired) electrons. The van der Waals surface area contributed by atoms with Crippen molar-refractivity contribution in [3.63, 3.8) is 0 Å². The molecule has 0 saturated heterocycles. The Morgan fingerprint density at radius 1 is 1.07 bits per heavy atom. The number of aromatic nitrogens is 1. The molecule has 1 saturated carbocycles. The number of methoxy groups -OCH3 is 1. The number of benzene rings is 2. The molecule has 2 unspecified atom stereocenters. The summed E-state index contributed by atoms with van der Waals surface area (Å²) in [7, 11) is -0.447. The summed E-state index contributed by atoms with van der Waals surface area (Å²) in [4.78, 5) is 51.7. The second kappa shape index (κ2) is 16.5. The molecule has 234 valence electrons. The third kappa shape index (κ3) is 9.89. The first-order chi connectivity index (χ1) is 21.0. The summed E-state index contributed by atoms with van der Waals surface area (Å²) in [6, 6.07) is 14.9. The molecule has 11 nitrogen and oxygen atoms in total. The number of carbonyl (C=O) groups is 4. The molecule has 0 spiro atoms. The van der Waals surface area contributed by atoms with Crippen LogP contribution >= 0.6 is 0 Å². The molecular formula is C32H41BN4O7. The van der Waals surface area contributed by atoms with Gasteiger partial charge >= 0.3 is 13.1 Å². The van der Waals surface area contributed by atoms with Crippen molar-refractivity contribution < 1.29 is 34.0 Å². The fourth-order valence-corrected chi connectivity index (χ4v) is 5.06. The molecule has 1 aliphatic rings. The molecule has 1 aliphatic carbocycles. The van der Waals surface area contributed by atoms with Crippen LogP contribution in [0.1, 0.15) is 78.8 Å². The summed E-state index contributed by atoms with van der Waals surface area (Å²) in [5, 5.41) is 25.0. The van der Waals surface area contributed by atoms with Crippen LogP contribution in [0.5, 0.6) is 0 Å². The second-order valence-electron chi connectivity index (χ2n) is 11.1. The molecule has 0 aliphatic heterocycles. The van der Waals surface area contributed by atoms with Gasteiger partial charge in [0.05, 0.1) is 18.2 Å². The number of nitrogens with one attached hydrogen (secondary N) is 2. The van der Waals surface area contributed by atoms with E-state index in [1.165, 1.54) is 19.2 Å². The van der Waals surface area contributed by atoms with E-state index in [-0.39, 0.29) is 35.3 Å². The Balaban J connectivity index is 0.000000240. The lowest BCUT2D eigenvalue weighted by Gasteiger charge is -2.21. The van der Waals surface area contributed by atoms with Gasteiger partial charge in [0.15, 0.2) is 0 Å². The summed E-state index contributed by atoms with van der Waals surface area (Å²) >= 11 is 0. The molecule has 6 N–H and O–H groups in total. The molecule has 1 heterocycles. The van der Waals surface area contributed by atoms with E-state index in [0.29, 0.717) is 23.6 Å². The van der Waals surface area contributed by atoms with Gasteiger partial charge in [0.1, 0.15) is 11.7 Å². The van der Waals surface area contributed by atoms with Crippen LogP contribution in [0.3, 0.4) is 0 Å². The lowest BCUT2D eigenvalue weighted by atomic mass is 9.78. The van der Waals surface area contributed by atoms with Crippen LogP contribution in [0.15, 0.2) is 54.6 Å². The predicted molar refractivity (Wildman–Crippen MR) is 168 cm³/mol. The molecule has 4 rings (SSSR count). The number of primary amides is 1. The van der Waals surface area contributed by atoms with Crippen LogP contribution in [-0.2, 0) is 20.9 Å². The van der Waals surface area contributed by atoms with Crippen molar-refractivity contribution in [1.82, 2.24) is 15.6 Å². The average Bonchev–Trinajstić information content (AvgIpc) is 3.56. The van der Waals surface area contributed by atoms with Crippen molar-refractivity contribution >= 4 is 47.2 Å². The van der Waals surface area contributed by atoms with E-state index >= 15 is 0 Å². The van der Waals surface area contributed by atoms with E-state index in [0.717, 1.165) is 43.0 Å². The summed E-state index contributed by atoms with van der Waals surface area (Å²) in [6.45, 7) is 4.23. The smallest absolute Gasteiger partial charge is 0.465 e. The molecule has 1 fully saturated rings. The van der Waals surface area contributed by atoms with Crippen LogP contribution in [0.2, 0.25) is 0 Å². The SMILES string of the molecule is CCC(C)CC(=O)NCc1cc(B(O)O)cc(C(=O)OC)c1.NC(=O)C(NC(=O)c1ccc2ccccc2n1)C1CCCC1. The van der Waals surface area contributed by atoms with Crippen LogP contribution < -0.4 is 21.8 Å². The van der Waals surface area contributed by atoms with Gasteiger partial charge in [-0.1, -0.05) is 63.4 Å². The lowest BCUT2D eigenvalue weighted by Crippen LogP contribution is -2.48. The van der Waals surface area contributed by atoms with Crippen molar-refractivity contribution in [3.05, 3.63) is 71.4 Å². The van der Waals surface area contributed by atoms with E-state index < -0.39 is 25.0 Å². The van der Waals surface area contributed by atoms with Crippen molar-refractivity contribution in [2.45, 2.75) is 65.0 Å². The van der Waals surface area contributed by atoms with Gasteiger partial charge in [0.25, 0.3) is 5.91 Å². The maximum Gasteiger partial charge on any atom is 0.488 e. The van der Waals surface area contributed by atoms with Crippen molar-refractivity contribution in [1.29, 1.82) is 0 Å². The number of nitrogens with zero attached hydrogens (tertiary/aromatic N) is 1. The molecule has 12 heteroatoms. The number of para-hydroxylation sites is 1. The predicted octanol–water partition coefficient (Wildman–Crippen LogP) is 2.21. The van der Waals surface area contributed by atoms with E-state index in [1.54, 1.807) is 12.1 Å². The number of hydrogen-bond acceptors (Lipinski definition) is 8. The van der Waals surface area contributed by atoms with Crippen molar-refractivity contribution in [2.75, 3.05) is 7.11 Å². The number of amides is 3. The zero-order valence-electron chi connectivity index (χ0n) is 25.4. The summed E-state index contributed by atoms with van der Waals surface area (Å²) < 4.78 is 4.63. The van der Waals surface area contributed by atoms with Gasteiger partial charge in [0, 0.05) is 18.4 Å². The molecular weight excluding hydrogens is 563 g/mol. The first-order valence-electron chi connectivity index (χ1n) is 14.8. The van der Waals surface area contributed by atoms with E-state index in [9.17, 15) is 29.2 Å². The van der Waals surface area contributed by atoms with Crippen molar-refractivity contribution in [2.24, 2.45) is 17.6 Å². The summed E-state index contributed by atoms with van der Waals surface area (Å²) in [6.07, 6.45) is 5.38. The molecule has 2 aromatic carbocycles. The quantitative estimate of drug-likeness (QED) is 0.163. The summed E-state index contributed by atoms with van der Waals surface area (Å²) in [5.41, 5.74) is 7.51. The monoisotopic (exact) mass is 604 g/mol. The Labute approximate surface area is 257 Å². The number of ether oxygens (including phenoxy) is 1. The Morgan fingerprint density at radius 3 is 2.41 bits per heavy atom. The largest absolute Gasteiger partial charge is 0.488 e. The Morgan fingerprint density at radius 2 is 1.77 bits per heavy atom. The molecule has 2 atom stereocenters. The minimum atomic E-state index is -1.70. The lowest BCUT2D eigenvalue weighted by molar-refractivity contribution is -0.122. The molecule has 3 amide bonds. The zero-order chi connectivity index (χ0) is 32.2. The highest BCUT2D eigenvalue weighted by molar-refractivity contribution is 6.58. The highest BCUT2D eigenvalue weighted by atomic mass is 16.5. The van der Waals surface area contributed by atoms with Crippen molar-refractivity contribution in [3.8, 4) is 0 Å². The maximum atomic E-state index is 12.4. The van der Waals surface area contributed by atoms with E-state index in [2.05, 4.69) is 20.4 Å². The van der Waals surface area contributed by atoms with Crippen LogP contribution in [-0.4, -0.2) is 59.0 Å². The van der Waals surface area contributed by atoms with Gasteiger partial charge in [-0.2, -0.15) is 0 Å². The number of carbonyl (C=O) groups excluding carboxylic acids is 4. The number of hydrogen-bond donors (Lipinski definition) is 5. The van der Waals surface area contributed by atoms with Gasteiger partial charge in [0.2, 0.25) is 11.8 Å². The van der Waals surface area contributed by atoms with Gasteiger partial charge in [-0.15, -0.1) is 0 Å². The second-order valence-corrected chi connectivity index (χ2v) is 11.1. The van der Waals surface area contributed by atoms with Gasteiger partial charge < -0.3 is 31.2 Å². The normalized spacial score (nSPS) is 14.1. The standard InChI is InChI=1S/C17H19N3O2.C15H22BNO5/c18-16(21)15(12-6-1-2-7-12)20-17(22)14-10-9-11-5-3-4-8-13(11)19-14;1-4-10(2)5-14(18)17-9-11-6-12(15(19)22-3)8-13(7-11)16(20)21/h3-5,8-10,12,15H,1-2,6-7H2,(H2,18,21)(H,20,22);6-8,10,20-21H,4-5,9H2,1-3H3,(H,17,18). The van der Waals surface area contributed by atoms with E-state index in [4.69, 9.17) is 5.73 Å². The molecule has 1 aromatic heterocycles. The van der Waals surface area contributed by atoms with E-state index in [1.807, 2.05) is 44.2 Å².